The quantitative estimate of drug-likeness (QED) is 0.499. The lowest BCUT2D eigenvalue weighted by Gasteiger charge is -2.05. The number of rotatable bonds is 1. The van der Waals surface area contributed by atoms with Crippen molar-refractivity contribution in [2.45, 2.75) is 12.7 Å². The van der Waals surface area contributed by atoms with Crippen molar-refractivity contribution in [1.29, 1.82) is 0 Å². The number of aldehydes is 1. The van der Waals surface area contributed by atoms with Crippen LogP contribution in [0.5, 0.6) is 0 Å². The average Bonchev–Trinajstić information content (AvgIpc) is 2.47. The first-order valence-corrected chi connectivity index (χ1v) is 4.20. The molecule has 0 bridgehead atoms. The Morgan fingerprint density at radius 2 is 2.07 bits per heavy atom. The maximum absolute atomic E-state index is 13.4. The van der Waals surface area contributed by atoms with E-state index >= 15 is 0 Å². The summed E-state index contributed by atoms with van der Waals surface area (Å²) in [4.78, 5) is 13.6. The minimum absolute atomic E-state index is 0.175. The van der Waals surface area contributed by atoms with E-state index in [2.05, 4.69) is 4.99 Å². The number of carbonyl (C=O) groups is 1. The van der Waals surface area contributed by atoms with Gasteiger partial charge in [-0.15, -0.1) is 0 Å². The molecule has 0 amide bonds. The van der Waals surface area contributed by atoms with E-state index in [-0.39, 0.29) is 17.2 Å². The zero-order chi connectivity index (χ0) is 11.2. The lowest BCUT2D eigenvalue weighted by Crippen LogP contribution is -2.27. The maximum Gasteiger partial charge on any atom is 0.308 e. The highest BCUT2D eigenvalue weighted by molar-refractivity contribution is 5.78. The smallest absolute Gasteiger partial charge is 0.297 e. The summed E-state index contributed by atoms with van der Waals surface area (Å²) in [7, 11) is 0. The van der Waals surface area contributed by atoms with Gasteiger partial charge in [0, 0.05) is 0 Å². The van der Waals surface area contributed by atoms with Crippen LogP contribution in [0.1, 0.15) is 5.56 Å². The van der Waals surface area contributed by atoms with Crippen molar-refractivity contribution in [3.05, 3.63) is 34.1 Å². The maximum atomic E-state index is 13.4. The topological polar surface area (TPSA) is 29.4 Å². The van der Waals surface area contributed by atoms with Gasteiger partial charge in [0.2, 0.25) is 0 Å². The number of halogens is 3. The first-order chi connectivity index (χ1) is 6.99. The summed E-state index contributed by atoms with van der Waals surface area (Å²) in [5, 5.41) is -0.727. The molecule has 2 nitrogen and oxygen atoms in total. The van der Waals surface area contributed by atoms with Crippen LogP contribution in [0.4, 0.5) is 13.2 Å². The fraction of sp³-hybridized carbons (Fsp3) is 0.200. The van der Waals surface area contributed by atoms with Crippen molar-refractivity contribution >= 4 is 12.1 Å². The second-order valence-corrected chi connectivity index (χ2v) is 3.31. The van der Waals surface area contributed by atoms with Gasteiger partial charge in [0.15, 0.2) is 12.1 Å². The molecule has 0 aromatic heterocycles. The van der Waals surface area contributed by atoms with Crippen LogP contribution in [0.3, 0.4) is 0 Å². The highest BCUT2D eigenvalue weighted by Gasteiger charge is 2.39. The van der Waals surface area contributed by atoms with Gasteiger partial charge in [0.25, 0.3) is 0 Å². The van der Waals surface area contributed by atoms with E-state index < -0.39 is 22.7 Å². The van der Waals surface area contributed by atoms with E-state index in [0.29, 0.717) is 0 Å². The summed E-state index contributed by atoms with van der Waals surface area (Å²) < 4.78 is 40.2. The number of hydrogen-bond donors (Lipinski definition) is 0. The summed E-state index contributed by atoms with van der Waals surface area (Å²) in [5.41, 5.74) is 0.175. The molecule has 1 unspecified atom stereocenters. The molecule has 0 N–H and O–H groups in total. The van der Waals surface area contributed by atoms with Crippen molar-refractivity contribution in [2.75, 3.05) is 0 Å². The number of carbonyl (C=O) groups excluding carboxylic acids is 1. The van der Waals surface area contributed by atoms with Crippen molar-refractivity contribution < 1.29 is 18.0 Å². The van der Waals surface area contributed by atoms with Gasteiger partial charge in [-0.25, -0.2) is 18.2 Å². The van der Waals surface area contributed by atoms with Gasteiger partial charge in [-0.1, -0.05) is 6.07 Å². The van der Waals surface area contributed by atoms with E-state index in [1.807, 2.05) is 0 Å². The minimum Gasteiger partial charge on any atom is -0.297 e. The highest BCUT2D eigenvalue weighted by Crippen LogP contribution is 2.24. The summed E-state index contributed by atoms with van der Waals surface area (Å²) >= 11 is 0. The molecule has 5 heteroatoms. The minimum atomic E-state index is -3.06. The molecule has 1 aliphatic rings. The number of fused-ring (bicyclic) bond motifs is 1. The number of aryl methyl sites for hydroxylation is 1. The molecule has 1 atom stereocenters. The standard InChI is InChI=1S/C10H6F3NO/c1-5-2-3-6-7(8(5)11)9(12)10(13,4-15)14-6/h2-4H,1H3. The van der Waals surface area contributed by atoms with Crippen LogP contribution in [0, 0.1) is 12.7 Å². The molecular weight excluding hydrogens is 207 g/mol. The van der Waals surface area contributed by atoms with Crippen molar-refractivity contribution in [1.82, 2.24) is 0 Å². The van der Waals surface area contributed by atoms with Crippen LogP contribution in [-0.4, -0.2) is 12.1 Å². The van der Waals surface area contributed by atoms with E-state index in [9.17, 15) is 18.0 Å². The van der Waals surface area contributed by atoms with Crippen LogP contribution < -0.4 is 10.6 Å². The zero-order valence-corrected chi connectivity index (χ0v) is 7.72. The lowest BCUT2D eigenvalue weighted by molar-refractivity contribution is -0.114. The van der Waals surface area contributed by atoms with Crippen LogP contribution >= 0.6 is 0 Å². The summed E-state index contributed by atoms with van der Waals surface area (Å²) in [6.07, 6.45) is -0.281. The zero-order valence-electron chi connectivity index (χ0n) is 7.72. The van der Waals surface area contributed by atoms with Gasteiger partial charge in [0.05, 0.1) is 10.6 Å². The predicted molar refractivity (Wildman–Crippen MR) is 46.3 cm³/mol. The molecule has 15 heavy (non-hydrogen) atoms. The third-order valence-corrected chi connectivity index (χ3v) is 2.28. The molecule has 0 radical (unpaired) electrons. The number of benzene rings is 1. The van der Waals surface area contributed by atoms with Gasteiger partial charge in [-0.3, -0.25) is 4.79 Å². The molecule has 1 heterocycles. The SMILES string of the molecule is Cc1ccc2c(c1F)=C(F)C(F)(C=O)N=2. The van der Waals surface area contributed by atoms with Gasteiger partial charge >= 0.3 is 5.79 Å². The van der Waals surface area contributed by atoms with Crippen molar-refractivity contribution in [2.24, 2.45) is 4.99 Å². The summed E-state index contributed by atoms with van der Waals surface area (Å²) in [5.74, 6) is -5.42. The molecule has 1 aliphatic heterocycles. The molecule has 1 aromatic carbocycles. The second-order valence-electron chi connectivity index (χ2n) is 3.31. The Kier molecular flexibility index (Phi) is 1.92. The number of alkyl halides is 1. The Bertz CT molecular complexity index is 567. The number of hydrogen-bond acceptors (Lipinski definition) is 2. The third kappa shape index (κ3) is 1.19. The van der Waals surface area contributed by atoms with E-state index in [4.69, 9.17) is 0 Å². The average molecular weight is 213 g/mol. The van der Waals surface area contributed by atoms with Crippen LogP contribution in [-0.2, 0) is 4.79 Å². The normalized spacial score (nSPS) is 23.6. The predicted octanol–water partition coefficient (Wildman–Crippen LogP) is 0.710. The fourth-order valence-electron chi connectivity index (χ4n) is 1.45. The first kappa shape index (κ1) is 9.89. The van der Waals surface area contributed by atoms with Gasteiger partial charge in [-0.05, 0) is 18.6 Å². The number of nitrogens with zero attached hydrogens (tertiary/aromatic N) is 1. The van der Waals surface area contributed by atoms with E-state index in [0.717, 1.165) is 0 Å². The van der Waals surface area contributed by atoms with Gasteiger partial charge in [0.1, 0.15) is 5.82 Å². The molecule has 1 aromatic rings. The molecular formula is C10H6F3NO. The Morgan fingerprint density at radius 3 is 2.67 bits per heavy atom. The fourth-order valence-corrected chi connectivity index (χ4v) is 1.45. The van der Waals surface area contributed by atoms with Crippen molar-refractivity contribution in [3.8, 4) is 0 Å². The summed E-state index contributed by atoms with van der Waals surface area (Å²) in [6.45, 7) is 1.42. The molecule has 0 fully saturated rings. The summed E-state index contributed by atoms with van der Waals surface area (Å²) in [6, 6.07) is 2.62. The Morgan fingerprint density at radius 1 is 1.40 bits per heavy atom. The molecule has 2 rings (SSSR count). The Balaban J connectivity index is 2.95. The highest BCUT2D eigenvalue weighted by atomic mass is 19.2. The van der Waals surface area contributed by atoms with E-state index in [1.165, 1.54) is 19.1 Å². The van der Waals surface area contributed by atoms with Crippen LogP contribution in [0.25, 0.3) is 5.83 Å². The molecule has 78 valence electrons. The van der Waals surface area contributed by atoms with Crippen molar-refractivity contribution in [3.63, 3.8) is 0 Å². The monoisotopic (exact) mass is 213 g/mol. The Hall–Kier alpha value is -1.65. The largest absolute Gasteiger partial charge is 0.308 e. The second kappa shape index (κ2) is 2.92. The molecule has 0 saturated heterocycles. The first-order valence-electron chi connectivity index (χ1n) is 4.20. The van der Waals surface area contributed by atoms with Gasteiger partial charge in [-0.2, -0.15) is 0 Å². The van der Waals surface area contributed by atoms with E-state index in [1.54, 1.807) is 0 Å². The molecule has 0 spiro atoms. The Labute approximate surface area is 82.7 Å². The molecule has 0 saturated carbocycles. The van der Waals surface area contributed by atoms with Gasteiger partial charge < -0.3 is 0 Å². The van der Waals surface area contributed by atoms with Crippen LogP contribution in [0.2, 0.25) is 0 Å². The lowest BCUT2D eigenvalue weighted by atomic mass is 10.1. The third-order valence-electron chi connectivity index (χ3n) is 2.28. The molecule has 0 aliphatic carbocycles. The van der Waals surface area contributed by atoms with Crippen LogP contribution in [0.15, 0.2) is 17.1 Å².